The summed E-state index contributed by atoms with van der Waals surface area (Å²) in [6.07, 6.45) is 0.616. The molecule has 2 N–H and O–H groups in total. The summed E-state index contributed by atoms with van der Waals surface area (Å²) in [5.41, 5.74) is 7.26. The molecule has 0 bridgehead atoms. The SMILES string of the molecule is CCOC(=O)C(N)CC(C)(C)N1CCN(Cc2ccccc2)CC1. The molecular weight excluding hydrogens is 302 g/mol. The van der Waals surface area contributed by atoms with Crippen LogP contribution in [-0.4, -0.2) is 60.1 Å². The highest BCUT2D eigenvalue weighted by Gasteiger charge is 2.33. The van der Waals surface area contributed by atoms with Gasteiger partial charge in [0.1, 0.15) is 6.04 Å². The summed E-state index contributed by atoms with van der Waals surface area (Å²) in [5, 5.41) is 0. The van der Waals surface area contributed by atoms with Crippen molar-refractivity contribution in [3.8, 4) is 0 Å². The van der Waals surface area contributed by atoms with Gasteiger partial charge in [0.2, 0.25) is 0 Å². The number of rotatable bonds is 7. The predicted molar refractivity (Wildman–Crippen MR) is 96.6 cm³/mol. The number of piperazine rings is 1. The van der Waals surface area contributed by atoms with Gasteiger partial charge in [0, 0.05) is 38.3 Å². The van der Waals surface area contributed by atoms with Crippen LogP contribution in [0.3, 0.4) is 0 Å². The molecular formula is C19H31N3O2. The second-order valence-corrected chi connectivity index (χ2v) is 7.12. The topological polar surface area (TPSA) is 58.8 Å². The predicted octanol–water partition coefficient (Wildman–Crippen LogP) is 1.86. The Balaban J connectivity index is 1.82. The first-order chi connectivity index (χ1) is 11.4. The molecule has 0 saturated carbocycles. The van der Waals surface area contributed by atoms with Gasteiger partial charge in [-0.3, -0.25) is 14.6 Å². The third-order valence-corrected chi connectivity index (χ3v) is 4.79. The monoisotopic (exact) mass is 333 g/mol. The summed E-state index contributed by atoms with van der Waals surface area (Å²) < 4.78 is 5.03. The zero-order valence-electron chi connectivity index (χ0n) is 15.2. The van der Waals surface area contributed by atoms with E-state index < -0.39 is 6.04 Å². The van der Waals surface area contributed by atoms with Crippen LogP contribution < -0.4 is 5.73 Å². The number of nitrogens with zero attached hydrogens (tertiary/aromatic N) is 2. The Bertz CT molecular complexity index is 511. The molecule has 5 nitrogen and oxygen atoms in total. The van der Waals surface area contributed by atoms with Crippen LogP contribution in [0, 0.1) is 0 Å². The molecule has 0 amide bonds. The highest BCUT2D eigenvalue weighted by Crippen LogP contribution is 2.23. The normalized spacial score (nSPS) is 18.3. The number of nitrogens with two attached hydrogens (primary N) is 1. The van der Waals surface area contributed by atoms with Crippen molar-refractivity contribution >= 4 is 5.97 Å². The lowest BCUT2D eigenvalue weighted by atomic mass is 9.92. The van der Waals surface area contributed by atoms with E-state index in [2.05, 4.69) is 54.0 Å². The molecule has 1 atom stereocenters. The first-order valence-corrected chi connectivity index (χ1v) is 8.86. The first kappa shape index (κ1) is 18.9. The number of ether oxygens (including phenoxy) is 1. The molecule has 0 aromatic heterocycles. The average Bonchev–Trinajstić information content (AvgIpc) is 2.56. The summed E-state index contributed by atoms with van der Waals surface area (Å²) >= 11 is 0. The largest absolute Gasteiger partial charge is 0.465 e. The summed E-state index contributed by atoms with van der Waals surface area (Å²) in [7, 11) is 0. The molecule has 0 spiro atoms. The maximum absolute atomic E-state index is 11.8. The minimum Gasteiger partial charge on any atom is -0.465 e. The molecule has 1 unspecified atom stereocenters. The van der Waals surface area contributed by atoms with Crippen molar-refractivity contribution in [3.05, 3.63) is 35.9 Å². The molecule has 5 heteroatoms. The van der Waals surface area contributed by atoms with E-state index in [1.807, 2.05) is 6.92 Å². The molecule has 0 radical (unpaired) electrons. The molecule has 134 valence electrons. The fourth-order valence-electron chi connectivity index (χ4n) is 3.35. The molecule has 1 fully saturated rings. The van der Waals surface area contributed by atoms with Crippen molar-refractivity contribution in [2.24, 2.45) is 5.73 Å². The maximum Gasteiger partial charge on any atom is 0.322 e. The molecule has 24 heavy (non-hydrogen) atoms. The van der Waals surface area contributed by atoms with Gasteiger partial charge in [-0.1, -0.05) is 30.3 Å². The lowest BCUT2D eigenvalue weighted by molar-refractivity contribution is -0.145. The summed E-state index contributed by atoms with van der Waals surface area (Å²) in [6.45, 7) is 11.6. The molecule has 1 aliphatic rings. The summed E-state index contributed by atoms with van der Waals surface area (Å²) in [5.74, 6) is -0.298. The minimum absolute atomic E-state index is 0.106. The van der Waals surface area contributed by atoms with Gasteiger partial charge < -0.3 is 10.5 Å². The van der Waals surface area contributed by atoms with Gasteiger partial charge in [0.25, 0.3) is 0 Å². The van der Waals surface area contributed by atoms with Crippen molar-refractivity contribution < 1.29 is 9.53 Å². The van der Waals surface area contributed by atoms with Crippen LogP contribution in [0.5, 0.6) is 0 Å². The summed E-state index contributed by atoms with van der Waals surface area (Å²) in [6, 6.07) is 10.0. The van der Waals surface area contributed by atoms with Crippen LogP contribution in [0.4, 0.5) is 0 Å². The van der Waals surface area contributed by atoms with Gasteiger partial charge in [-0.05, 0) is 32.8 Å². The van der Waals surface area contributed by atoms with E-state index in [-0.39, 0.29) is 11.5 Å². The van der Waals surface area contributed by atoms with Crippen LogP contribution in [-0.2, 0) is 16.1 Å². The zero-order valence-corrected chi connectivity index (χ0v) is 15.2. The standard InChI is InChI=1S/C19H31N3O2/c1-4-24-18(23)17(20)14-19(2,3)22-12-10-21(11-13-22)15-16-8-6-5-7-9-16/h5-9,17H,4,10-15,20H2,1-3H3. The fraction of sp³-hybridized carbons (Fsp3) is 0.632. The van der Waals surface area contributed by atoms with Crippen LogP contribution in [0.25, 0.3) is 0 Å². The van der Waals surface area contributed by atoms with Crippen LogP contribution in [0.2, 0.25) is 0 Å². The number of hydrogen-bond donors (Lipinski definition) is 1. The second kappa shape index (κ2) is 8.60. The van der Waals surface area contributed by atoms with Gasteiger partial charge in [0.05, 0.1) is 6.61 Å². The fourth-order valence-corrected chi connectivity index (χ4v) is 3.35. The average molecular weight is 333 g/mol. The number of hydrogen-bond acceptors (Lipinski definition) is 5. The highest BCUT2D eigenvalue weighted by molar-refractivity contribution is 5.75. The molecule has 0 aliphatic carbocycles. The second-order valence-electron chi connectivity index (χ2n) is 7.12. The Morgan fingerprint density at radius 3 is 2.42 bits per heavy atom. The molecule has 1 heterocycles. The van der Waals surface area contributed by atoms with E-state index >= 15 is 0 Å². The third kappa shape index (κ3) is 5.30. The van der Waals surface area contributed by atoms with Crippen LogP contribution in [0.15, 0.2) is 30.3 Å². The summed E-state index contributed by atoms with van der Waals surface area (Å²) in [4.78, 5) is 16.7. The number of benzene rings is 1. The zero-order chi connectivity index (χ0) is 17.6. The molecule has 2 rings (SSSR count). The van der Waals surface area contributed by atoms with E-state index in [9.17, 15) is 4.79 Å². The smallest absolute Gasteiger partial charge is 0.322 e. The number of carbonyl (C=O) groups is 1. The van der Waals surface area contributed by atoms with Crippen molar-refractivity contribution in [1.29, 1.82) is 0 Å². The lowest BCUT2D eigenvalue weighted by Crippen LogP contribution is -2.56. The van der Waals surface area contributed by atoms with Gasteiger partial charge >= 0.3 is 5.97 Å². The number of carbonyl (C=O) groups excluding carboxylic acids is 1. The Morgan fingerprint density at radius 1 is 1.21 bits per heavy atom. The van der Waals surface area contributed by atoms with Crippen molar-refractivity contribution in [2.75, 3.05) is 32.8 Å². The van der Waals surface area contributed by atoms with Gasteiger partial charge in [-0.2, -0.15) is 0 Å². The quantitative estimate of drug-likeness (QED) is 0.772. The van der Waals surface area contributed by atoms with E-state index in [4.69, 9.17) is 10.5 Å². The molecule has 1 saturated heterocycles. The molecule has 1 aromatic carbocycles. The number of esters is 1. The first-order valence-electron chi connectivity index (χ1n) is 8.86. The van der Waals surface area contributed by atoms with E-state index in [0.717, 1.165) is 32.7 Å². The van der Waals surface area contributed by atoms with Crippen LogP contribution >= 0.6 is 0 Å². The van der Waals surface area contributed by atoms with Gasteiger partial charge in [-0.15, -0.1) is 0 Å². The van der Waals surface area contributed by atoms with E-state index in [1.165, 1.54) is 5.56 Å². The Kier molecular flexibility index (Phi) is 6.78. The highest BCUT2D eigenvalue weighted by atomic mass is 16.5. The van der Waals surface area contributed by atoms with Crippen molar-refractivity contribution in [2.45, 2.75) is 45.3 Å². The Hall–Kier alpha value is -1.43. The van der Waals surface area contributed by atoms with Crippen LogP contribution in [0.1, 0.15) is 32.8 Å². The van der Waals surface area contributed by atoms with Crippen molar-refractivity contribution in [1.82, 2.24) is 9.80 Å². The van der Waals surface area contributed by atoms with Gasteiger partial charge in [0.15, 0.2) is 0 Å². The van der Waals surface area contributed by atoms with Gasteiger partial charge in [-0.25, -0.2) is 0 Å². The molecule has 1 aliphatic heterocycles. The maximum atomic E-state index is 11.8. The molecule has 1 aromatic rings. The lowest BCUT2D eigenvalue weighted by Gasteiger charge is -2.44. The Labute approximate surface area is 145 Å². The third-order valence-electron chi connectivity index (χ3n) is 4.79. The Morgan fingerprint density at radius 2 is 1.83 bits per heavy atom. The minimum atomic E-state index is -0.553. The van der Waals surface area contributed by atoms with E-state index in [0.29, 0.717) is 13.0 Å². The van der Waals surface area contributed by atoms with E-state index in [1.54, 1.807) is 0 Å². The van der Waals surface area contributed by atoms with Crippen molar-refractivity contribution in [3.63, 3.8) is 0 Å².